The Morgan fingerprint density at radius 1 is 1.41 bits per heavy atom. The Hall–Kier alpha value is -2.17. The Balaban J connectivity index is 2.16. The molecule has 0 amide bonds. The van der Waals surface area contributed by atoms with E-state index in [1.807, 2.05) is 20.0 Å². The van der Waals surface area contributed by atoms with E-state index < -0.39 is 0 Å². The van der Waals surface area contributed by atoms with E-state index >= 15 is 0 Å². The van der Waals surface area contributed by atoms with Crippen LogP contribution >= 0.6 is 0 Å². The third kappa shape index (κ3) is 2.50. The number of carbonyl (C=O) groups is 1. The number of carbonyl (C=O) groups excluding carboxylic acids is 1. The molecule has 0 saturated carbocycles. The van der Waals surface area contributed by atoms with Gasteiger partial charge in [-0.3, -0.25) is 14.2 Å². The smallest absolute Gasteiger partial charge is 0.189 e. The van der Waals surface area contributed by atoms with Gasteiger partial charge in [0.15, 0.2) is 5.78 Å². The van der Waals surface area contributed by atoms with Gasteiger partial charge >= 0.3 is 0 Å². The fraction of sp³-hybridized carbons (Fsp3) is 0.250. The topological polar surface area (TPSA) is 52.7 Å². The van der Waals surface area contributed by atoms with Crippen molar-refractivity contribution in [3.8, 4) is 0 Å². The van der Waals surface area contributed by atoms with Crippen LogP contribution in [0.4, 0.5) is 0 Å². The van der Waals surface area contributed by atoms with Crippen LogP contribution in [-0.2, 0) is 14.1 Å². The summed E-state index contributed by atoms with van der Waals surface area (Å²) < 4.78 is 3.34. The first-order valence-corrected chi connectivity index (χ1v) is 5.28. The van der Waals surface area contributed by atoms with Crippen LogP contribution < -0.4 is 0 Å². The van der Waals surface area contributed by atoms with Crippen molar-refractivity contribution in [1.82, 2.24) is 19.6 Å². The molecular weight excluding hydrogens is 216 g/mol. The number of aryl methyl sites for hydroxylation is 3. The van der Waals surface area contributed by atoms with Gasteiger partial charge < -0.3 is 0 Å². The van der Waals surface area contributed by atoms with Crippen molar-refractivity contribution in [3.05, 3.63) is 41.5 Å². The number of nitrogens with zero attached hydrogens (tertiary/aromatic N) is 4. The van der Waals surface area contributed by atoms with E-state index in [0.717, 1.165) is 11.4 Å². The molecule has 17 heavy (non-hydrogen) atoms. The molecule has 0 saturated heterocycles. The predicted molar refractivity (Wildman–Crippen MR) is 64.5 cm³/mol. The molecular formula is C12H14N4O. The second-order valence-corrected chi connectivity index (χ2v) is 3.93. The number of hydrogen-bond donors (Lipinski definition) is 0. The first kappa shape index (κ1) is 11.3. The molecule has 0 aliphatic carbocycles. The average Bonchev–Trinajstić information content (AvgIpc) is 2.82. The van der Waals surface area contributed by atoms with Gasteiger partial charge in [0.25, 0.3) is 0 Å². The zero-order valence-corrected chi connectivity index (χ0v) is 10.1. The van der Waals surface area contributed by atoms with Crippen molar-refractivity contribution in [1.29, 1.82) is 0 Å². The maximum Gasteiger partial charge on any atom is 0.189 e. The molecule has 88 valence electrons. The molecule has 0 unspecified atom stereocenters. The van der Waals surface area contributed by atoms with Crippen LogP contribution in [0.15, 0.2) is 24.5 Å². The van der Waals surface area contributed by atoms with E-state index in [2.05, 4.69) is 10.2 Å². The van der Waals surface area contributed by atoms with Crippen molar-refractivity contribution >= 4 is 11.9 Å². The van der Waals surface area contributed by atoms with E-state index in [-0.39, 0.29) is 5.78 Å². The molecule has 0 bridgehead atoms. The van der Waals surface area contributed by atoms with Crippen LogP contribution in [0.5, 0.6) is 0 Å². The normalized spacial score (nSPS) is 11.2. The summed E-state index contributed by atoms with van der Waals surface area (Å²) in [5.41, 5.74) is 2.42. The van der Waals surface area contributed by atoms with Crippen LogP contribution in [0.25, 0.3) is 6.08 Å². The second kappa shape index (κ2) is 4.37. The fourth-order valence-corrected chi connectivity index (χ4v) is 1.59. The number of allylic oxidation sites excluding steroid dienone is 1. The molecule has 2 rings (SSSR count). The Kier molecular flexibility index (Phi) is 2.91. The lowest BCUT2D eigenvalue weighted by Crippen LogP contribution is -1.95. The summed E-state index contributed by atoms with van der Waals surface area (Å²) >= 11 is 0. The van der Waals surface area contributed by atoms with Crippen molar-refractivity contribution in [2.45, 2.75) is 6.92 Å². The molecule has 0 atom stereocenters. The molecule has 2 heterocycles. The molecule has 0 fully saturated rings. The molecule has 2 aromatic rings. The number of rotatable bonds is 3. The van der Waals surface area contributed by atoms with Crippen molar-refractivity contribution in [3.63, 3.8) is 0 Å². The minimum absolute atomic E-state index is 0.0584. The van der Waals surface area contributed by atoms with E-state index in [1.54, 1.807) is 34.9 Å². The van der Waals surface area contributed by atoms with Gasteiger partial charge in [0.1, 0.15) is 0 Å². The van der Waals surface area contributed by atoms with Gasteiger partial charge in [-0.05, 0) is 25.1 Å². The SMILES string of the molecule is Cc1cc(/C=C/C(=O)c2cnn(C)c2)n(C)n1. The minimum atomic E-state index is -0.0584. The van der Waals surface area contributed by atoms with Gasteiger partial charge in [-0.25, -0.2) is 0 Å². The lowest BCUT2D eigenvalue weighted by molar-refractivity contribution is 0.104. The van der Waals surface area contributed by atoms with E-state index in [1.165, 1.54) is 6.08 Å². The van der Waals surface area contributed by atoms with E-state index in [4.69, 9.17) is 0 Å². The van der Waals surface area contributed by atoms with Gasteiger partial charge in [-0.1, -0.05) is 0 Å². The molecule has 0 aliphatic rings. The molecule has 0 aliphatic heterocycles. The quantitative estimate of drug-likeness (QED) is 0.591. The second-order valence-electron chi connectivity index (χ2n) is 3.93. The van der Waals surface area contributed by atoms with Crippen molar-refractivity contribution in [2.24, 2.45) is 14.1 Å². The molecule has 0 spiro atoms. The van der Waals surface area contributed by atoms with Gasteiger partial charge in [0.2, 0.25) is 0 Å². The largest absolute Gasteiger partial charge is 0.289 e. The highest BCUT2D eigenvalue weighted by molar-refractivity contribution is 6.06. The third-order valence-corrected chi connectivity index (χ3v) is 2.43. The average molecular weight is 230 g/mol. The molecule has 0 N–H and O–H groups in total. The van der Waals surface area contributed by atoms with Crippen molar-refractivity contribution in [2.75, 3.05) is 0 Å². The standard InChI is InChI=1S/C12H14N4O/c1-9-6-11(16(3)14-9)4-5-12(17)10-7-13-15(2)8-10/h4-8H,1-3H3/b5-4+. The van der Waals surface area contributed by atoms with Gasteiger partial charge in [-0.15, -0.1) is 0 Å². The lowest BCUT2D eigenvalue weighted by atomic mass is 10.2. The Morgan fingerprint density at radius 2 is 2.18 bits per heavy atom. The summed E-state index contributed by atoms with van der Waals surface area (Å²) in [5, 5.41) is 8.16. The predicted octanol–water partition coefficient (Wildman–Crippen LogP) is 1.36. The summed E-state index contributed by atoms with van der Waals surface area (Å²) in [6.07, 6.45) is 6.55. The zero-order valence-electron chi connectivity index (χ0n) is 10.1. The van der Waals surface area contributed by atoms with Crippen molar-refractivity contribution < 1.29 is 4.79 Å². The molecule has 2 aromatic heterocycles. The molecule has 5 nitrogen and oxygen atoms in total. The highest BCUT2D eigenvalue weighted by atomic mass is 16.1. The third-order valence-electron chi connectivity index (χ3n) is 2.43. The highest BCUT2D eigenvalue weighted by Gasteiger charge is 2.04. The zero-order chi connectivity index (χ0) is 12.4. The van der Waals surface area contributed by atoms with E-state index in [9.17, 15) is 4.79 Å². The number of ketones is 1. The van der Waals surface area contributed by atoms with Crippen LogP contribution in [-0.4, -0.2) is 25.3 Å². The Morgan fingerprint density at radius 3 is 2.71 bits per heavy atom. The number of hydrogen-bond acceptors (Lipinski definition) is 3. The van der Waals surface area contributed by atoms with Gasteiger partial charge in [0.05, 0.1) is 23.1 Å². The highest BCUT2D eigenvalue weighted by Crippen LogP contribution is 2.06. The van der Waals surface area contributed by atoms with Crippen LogP contribution in [0.3, 0.4) is 0 Å². The maximum absolute atomic E-state index is 11.8. The monoisotopic (exact) mass is 230 g/mol. The Labute approximate surface area is 99.4 Å². The first-order chi connectivity index (χ1) is 8.06. The molecule has 5 heteroatoms. The number of aromatic nitrogens is 4. The van der Waals surface area contributed by atoms with Gasteiger partial charge in [0, 0.05) is 20.3 Å². The molecule has 0 radical (unpaired) electrons. The summed E-state index contributed by atoms with van der Waals surface area (Å²) in [6.45, 7) is 1.92. The lowest BCUT2D eigenvalue weighted by Gasteiger charge is -1.92. The minimum Gasteiger partial charge on any atom is -0.289 e. The summed E-state index contributed by atoms with van der Waals surface area (Å²) in [5.74, 6) is -0.0584. The molecule has 0 aromatic carbocycles. The van der Waals surface area contributed by atoms with E-state index in [0.29, 0.717) is 5.56 Å². The van der Waals surface area contributed by atoms with Crippen LogP contribution in [0.2, 0.25) is 0 Å². The summed E-state index contributed by atoms with van der Waals surface area (Å²) in [6, 6.07) is 1.92. The summed E-state index contributed by atoms with van der Waals surface area (Å²) in [7, 11) is 3.63. The Bertz CT molecular complexity index is 577. The fourth-order valence-electron chi connectivity index (χ4n) is 1.59. The summed E-state index contributed by atoms with van der Waals surface area (Å²) in [4.78, 5) is 11.8. The first-order valence-electron chi connectivity index (χ1n) is 5.28. The van der Waals surface area contributed by atoms with Gasteiger partial charge in [-0.2, -0.15) is 10.2 Å². The van der Waals surface area contributed by atoms with Crippen LogP contribution in [0.1, 0.15) is 21.7 Å². The van der Waals surface area contributed by atoms with Crippen LogP contribution in [0, 0.1) is 6.92 Å². The maximum atomic E-state index is 11.8.